The van der Waals surface area contributed by atoms with Crippen LogP contribution in [0.2, 0.25) is 0 Å². The van der Waals surface area contributed by atoms with Crippen LogP contribution >= 0.6 is 0 Å². The van der Waals surface area contributed by atoms with Crippen LogP contribution in [0, 0.1) is 32.1 Å². The Kier molecular flexibility index (Phi) is 5.92. The van der Waals surface area contributed by atoms with Gasteiger partial charge in [-0.3, -0.25) is 9.17 Å². The molecule has 144 valence electrons. The number of nitrogens with zero attached hydrogens (tertiary/aromatic N) is 2. The molecule has 0 spiro atoms. The molecule has 0 aliphatic heterocycles. The molecule has 1 atom stereocenters. The van der Waals surface area contributed by atoms with Crippen LogP contribution in [0.3, 0.4) is 0 Å². The van der Waals surface area contributed by atoms with E-state index >= 15 is 0 Å². The van der Waals surface area contributed by atoms with Crippen molar-refractivity contribution in [1.29, 1.82) is 5.26 Å². The van der Waals surface area contributed by atoms with E-state index in [4.69, 9.17) is 4.18 Å². The smallest absolute Gasteiger partial charge is 0.265 e. The van der Waals surface area contributed by atoms with Crippen molar-refractivity contribution in [2.24, 2.45) is 0 Å². The Bertz CT molecular complexity index is 955. The fourth-order valence-electron chi connectivity index (χ4n) is 2.75. The maximum atomic E-state index is 12.6. The fraction of sp³-hybridized carbons (Fsp3) is 0.333. The standard InChI is InChI=1S/C18H17F3N2O3S/c1-11-6-12(2)17(13(3)7-11)27(24,25)26-10-14(8-22)16-5-4-15(9-23-16)18(19,20)21/h4-7,9,14H,10H2,1-3H3. The normalized spacial score (nSPS) is 13.2. The van der Waals surface area contributed by atoms with Gasteiger partial charge in [0.15, 0.2) is 0 Å². The van der Waals surface area contributed by atoms with Crippen LogP contribution in [-0.2, 0) is 20.5 Å². The molecule has 0 saturated carbocycles. The van der Waals surface area contributed by atoms with Crippen LogP contribution in [0.1, 0.15) is 33.9 Å². The molecule has 0 fully saturated rings. The number of pyridine rings is 1. The zero-order chi connectivity index (χ0) is 20.4. The zero-order valence-corrected chi connectivity index (χ0v) is 15.6. The molecule has 0 radical (unpaired) electrons. The van der Waals surface area contributed by atoms with Crippen LogP contribution in [0.4, 0.5) is 13.2 Å². The predicted molar refractivity (Wildman–Crippen MR) is 91.4 cm³/mol. The first kappa shape index (κ1) is 20.9. The van der Waals surface area contributed by atoms with Gasteiger partial charge in [-0.1, -0.05) is 17.7 Å². The van der Waals surface area contributed by atoms with Crippen LogP contribution in [0.5, 0.6) is 0 Å². The Morgan fingerprint density at radius 1 is 1.19 bits per heavy atom. The Hall–Kier alpha value is -2.44. The number of nitriles is 1. The minimum Gasteiger partial charge on any atom is -0.265 e. The Balaban J connectivity index is 2.22. The maximum Gasteiger partial charge on any atom is 0.417 e. The van der Waals surface area contributed by atoms with E-state index in [1.807, 2.05) is 6.92 Å². The van der Waals surface area contributed by atoms with Gasteiger partial charge >= 0.3 is 6.18 Å². The van der Waals surface area contributed by atoms with Gasteiger partial charge in [-0.15, -0.1) is 0 Å². The molecule has 0 N–H and O–H groups in total. The summed E-state index contributed by atoms with van der Waals surface area (Å²) in [7, 11) is -4.14. The minimum absolute atomic E-state index is 0.00181. The summed E-state index contributed by atoms with van der Waals surface area (Å²) < 4.78 is 67.8. The van der Waals surface area contributed by atoms with E-state index < -0.39 is 34.4 Å². The molecule has 0 amide bonds. The fourth-order valence-corrected chi connectivity index (χ4v) is 4.09. The summed E-state index contributed by atoms with van der Waals surface area (Å²) in [6.07, 6.45) is -3.95. The SMILES string of the molecule is Cc1cc(C)c(S(=O)(=O)OCC(C#N)c2ccc(C(F)(F)F)cn2)c(C)c1. The summed E-state index contributed by atoms with van der Waals surface area (Å²) in [6, 6.07) is 7.02. The Labute approximate surface area is 155 Å². The third kappa shape index (κ3) is 4.84. The largest absolute Gasteiger partial charge is 0.417 e. The van der Waals surface area contributed by atoms with Gasteiger partial charge in [0.2, 0.25) is 0 Å². The molecule has 2 rings (SSSR count). The summed E-state index contributed by atoms with van der Waals surface area (Å²) in [5, 5.41) is 9.23. The molecule has 9 heteroatoms. The Morgan fingerprint density at radius 2 is 1.78 bits per heavy atom. The number of aryl methyl sites for hydroxylation is 3. The quantitative estimate of drug-likeness (QED) is 0.710. The van der Waals surface area contributed by atoms with Gasteiger partial charge in [0, 0.05) is 6.20 Å². The first-order valence-electron chi connectivity index (χ1n) is 7.85. The zero-order valence-electron chi connectivity index (χ0n) is 14.8. The highest BCUT2D eigenvalue weighted by Gasteiger charge is 2.31. The Morgan fingerprint density at radius 3 is 2.22 bits per heavy atom. The lowest BCUT2D eigenvalue weighted by molar-refractivity contribution is -0.137. The van der Waals surface area contributed by atoms with Crippen molar-refractivity contribution in [3.63, 3.8) is 0 Å². The molecular formula is C18H17F3N2O3S. The monoisotopic (exact) mass is 398 g/mol. The molecular weight excluding hydrogens is 381 g/mol. The average Bonchev–Trinajstić information content (AvgIpc) is 2.53. The molecule has 0 aliphatic carbocycles. The van der Waals surface area contributed by atoms with Crippen LogP contribution in [0.15, 0.2) is 35.4 Å². The molecule has 1 aromatic heterocycles. The maximum absolute atomic E-state index is 12.6. The summed E-state index contributed by atoms with van der Waals surface area (Å²) in [5.74, 6) is -1.13. The highest BCUT2D eigenvalue weighted by molar-refractivity contribution is 7.86. The van der Waals surface area contributed by atoms with Gasteiger partial charge in [0.25, 0.3) is 10.1 Å². The first-order valence-corrected chi connectivity index (χ1v) is 9.26. The number of alkyl halides is 3. The highest BCUT2D eigenvalue weighted by atomic mass is 32.2. The number of aromatic nitrogens is 1. The van der Waals surface area contributed by atoms with E-state index in [1.54, 1.807) is 32.0 Å². The van der Waals surface area contributed by atoms with Crippen molar-refractivity contribution in [3.8, 4) is 6.07 Å². The van der Waals surface area contributed by atoms with E-state index in [1.165, 1.54) is 0 Å². The van der Waals surface area contributed by atoms with E-state index in [0.29, 0.717) is 17.3 Å². The minimum atomic E-state index is -4.55. The molecule has 27 heavy (non-hydrogen) atoms. The van der Waals surface area contributed by atoms with Crippen molar-refractivity contribution in [2.75, 3.05) is 6.61 Å². The second kappa shape index (κ2) is 7.66. The summed E-state index contributed by atoms with van der Waals surface area (Å²) in [4.78, 5) is 3.64. The summed E-state index contributed by atoms with van der Waals surface area (Å²) in [5.41, 5.74) is 0.954. The molecule has 0 aliphatic rings. The van der Waals surface area contributed by atoms with Crippen LogP contribution < -0.4 is 0 Å². The van der Waals surface area contributed by atoms with E-state index in [2.05, 4.69) is 4.98 Å². The molecule has 0 bridgehead atoms. The van der Waals surface area contributed by atoms with E-state index in [-0.39, 0.29) is 10.6 Å². The van der Waals surface area contributed by atoms with Gasteiger partial charge in [-0.05, 0) is 44.0 Å². The summed E-state index contributed by atoms with van der Waals surface area (Å²) in [6.45, 7) is 4.55. The highest BCUT2D eigenvalue weighted by Crippen LogP contribution is 2.29. The van der Waals surface area contributed by atoms with Crippen LogP contribution in [0.25, 0.3) is 0 Å². The van der Waals surface area contributed by atoms with Gasteiger partial charge in [0.05, 0.1) is 28.8 Å². The third-order valence-electron chi connectivity index (χ3n) is 3.87. The lowest BCUT2D eigenvalue weighted by atomic mass is 10.1. The first-order chi connectivity index (χ1) is 12.5. The number of hydrogen-bond donors (Lipinski definition) is 0. The van der Waals surface area contributed by atoms with Crippen molar-refractivity contribution < 1.29 is 25.8 Å². The molecule has 0 saturated heterocycles. The van der Waals surface area contributed by atoms with Crippen molar-refractivity contribution in [2.45, 2.75) is 37.8 Å². The lowest BCUT2D eigenvalue weighted by Gasteiger charge is -2.14. The topological polar surface area (TPSA) is 80.0 Å². The lowest BCUT2D eigenvalue weighted by Crippen LogP contribution is -2.16. The van der Waals surface area contributed by atoms with Gasteiger partial charge < -0.3 is 0 Å². The van der Waals surface area contributed by atoms with Gasteiger partial charge in [-0.2, -0.15) is 26.9 Å². The second-order valence-electron chi connectivity index (χ2n) is 6.12. The number of benzene rings is 1. The van der Waals surface area contributed by atoms with Crippen molar-refractivity contribution in [3.05, 3.63) is 58.4 Å². The van der Waals surface area contributed by atoms with Crippen molar-refractivity contribution in [1.82, 2.24) is 4.98 Å². The van der Waals surface area contributed by atoms with Crippen molar-refractivity contribution >= 4 is 10.1 Å². The second-order valence-corrected chi connectivity index (χ2v) is 7.67. The van der Waals surface area contributed by atoms with Crippen LogP contribution in [-0.4, -0.2) is 20.0 Å². The predicted octanol–water partition coefficient (Wildman–Crippen LogP) is 4.04. The van der Waals surface area contributed by atoms with Gasteiger partial charge in [0.1, 0.15) is 5.92 Å². The van der Waals surface area contributed by atoms with E-state index in [0.717, 1.165) is 17.7 Å². The molecule has 5 nitrogen and oxygen atoms in total. The summed E-state index contributed by atoms with van der Waals surface area (Å²) >= 11 is 0. The molecule has 1 aromatic carbocycles. The van der Waals surface area contributed by atoms with E-state index in [9.17, 15) is 26.9 Å². The number of rotatable bonds is 5. The van der Waals surface area contributed by atoms with Gasteiger partial charge in [-0.25, -0.2) is 0 Å². The molecule has 1 heterocycles. The number of hydrogen-bond acceptors (Lipinski definition) is 5. The molecule has 1 unspecified atom stereocenters. The molecule has 2 aromatic rings. The number of halogens is 3. The average molecular weight is 398 g/mol. The third-order valence-corrected chi connectivity index (χ3v) is 5.46.